The van der Waals surface area contributed by atoms with Gasteiger partial charge in [-0.2, -0.15) is 4.98 Å². The number of piperidine rings is 1. The molecule has 8 heteroatoms. The van der Waals surface area contributed by atoms with E-state index in [1.54, 1.807) is 0 Å². The zero-order chi connectivity index (χ0) is 18.3. The van der Waals surface area contributed by atoms with E-state index in [0.29, 0.717) is 29.7 Å². The molecule has 26 heavy (non-hydrogen) atoms. The molecule has 0 spiro atoms. The lowest BCUT2D eigenvalue weighted by molar-refractivity contribution is 0.0704. The minimum atomic E-state index is 0.0327. The number of nitrogens with zero attached hydrogens (tertiary/aromatic N) is 4. The van der Waals surface area contributed by atoms with Crippen molar-refractivity contribution in [2.75, 3.05) is 18.8 Å². The van der Waals surface area contributed by atoms with Gasteiger partial charge in [-0.1, -0.05) is 30.3 Å². The molecule has 0 aliphatic carbocycles. The Hall–Kier alpha value is -2.48. The molecule has 1 amide bonds. The summed E-state index contributed by atoms with van der Waals surface area (Å²) in [7, 11) is 0. The first kappa shape index (κ1) is 17.0. The molecule has 0 atom stereocenters. The largest absolute Gasteiger partial charge is 0.375 e. The fourth-order valence-corrected chi connectivity index (χ4v) is 3.95. The summed E-state index contributed by atoms with van der Waals surface area (Å²) in [5, 5.41) is 4.56. The van der Waals surface area contributed by atoms with Crippen LogP contribution in [0.5, 0.6) is 0 Å². The van der Waals surface area contributed by atoms with Gasteiger partial charge in [-0.05, 0) is 31.0 Å². The first-order valence-electron chi connectivity index (χ1n) is 8.80. The number of thiazole rings is 1. The molecule has 1 aliphatic heterocycles. The molecule has 1 aromatic carbocycles. The van der Waals surface area contributed by atoms with Crippen LogP contribution in [0.15, 0.2) is 22.7 Å². The smallest absolute Gasteiger partial charge is 0.253 e. The van der Waals surface area contributed by atoms with Crippen LogP contribution in [0, 0.1) is 0 Å². The Balaban J connectivity index is 1.43. The first-order chi connectivity index (χ1) is 12.5. The Kier molecular flexibility index (Phi) is 4.36. The molecular weight excluding hydrogens is 350 g/mol. The molecule has 1 saturated heterocycles. The summed E-state index contributed by atoms with van der Waals surface area (Å²) >= 11 is 1.43. The second-order valence-corrected chi connectivity index (χ2v) is 8.01. The third-order valence-electron chi connectivity index (χ3n) is 4.76. The Bertz CT molecular complexity index is 940. The number of rotatable bonds is 3. The lowest BCUT2D eigenvalue weighted by Gasteiger charge is -2.30. The zero-order valence-electron chi connectivity index (χ0n) is 14.8. The summed E-state index contributed by atoms with van der Waals surface area (Å²) in [4.78, 5) is 23.5. The van der Waals surface area contributed by atoms with Crippen molar-refractivity contribution >= 4 is 32.6 Å². The van der Waals surface area contributed by atoms with Crippen LogP contribution in [-0.4, -0.2) is 39.0 Å². The van der Waals surface area contributed by atoms with Crippen LogP contribution in [0.1, 0.15) is 60.6 Å². The summed E-state index contributed by atoms with van der Waals surface area (Å²) in [6.07, 6.45) is 1.66. The average Bonchev–Trinajstić information content (AvgIpc) is 3.26. The Morgan fingerprint density at radius 3 is 2.77 bits per heavy atom. The van der Waals surface area contributed by atoms with Crippen LogP contribution in [0.3, 0.4) is 0 Å². The van der Waals surface area contributed by atoms with Gasteiger partial charge in [0.05, 0.1) is 10.2 Å². The number of carbonyl (C=O) groups excluding carboxylic acids is 1. The topological polar surface area (TPSA) is 98.1 Å². The van der Waals surface area contributed by atoms with Crippen molar-refractivity contribution in [3.8, 4) is 0 Å². The Labute approximate surface area is 155 Å². The van der Waals surface area contributed by atoms with Crippen molar-refractivity contribution in [1.82, 2.24) is 20.0 Å². The molecule has 0 unspecified atom stereocenters. The fraction of sp³-hybridized carbons (Fsp3) is 0.444. The highest BCUT2D eigenvalue weighted by Gasteiger charge is 2.28. The van der Waals surface area contributed by atoms with Gasteiger partial charge in [-0.15, -0.1) is 0 Å². The summed E-state index contributed by atoms with van der Waals surface area (Å²) in [6.45, 7) is 5.45. The van der Waals surface area contributed by atoms with Crippen molar-refractivity contribution in [1.29, 1.82) is 0 Å². The van der Waals surface area contributed by atoms with E-state index in [1.807, 2.05) is 36.9 Å². The molecule has 136 valence electrons. The van der Waals surface area contributed by atoms with E-state index in [-0.39, 0.29) is 17.7 Å². The Morgan fingerprint density at radius 2 is 2.08 bits per heavy atom. The number of hydrogen-bond donors (Lipinski definition) is 1. The van der Waals surface area contributed by atoms with Crippen LogP contribution in [0.4, 0.5) is 5.13 Å². The quantitative estimate of drug-likeness (QED) is 0.757. The number of anilines is 1. The number of nitrogen functional groups attached to an aromatic ring is 1. The van der Waals surface area contributed by atoms with Crippen molar-refractivity contribution in [3.05, 3.63) is 35.5 Å². The maximum Gasteiger partial charge on any atom is 0.253 e. The van der Waals surface area contributed by atoms with Crippen LogP contribution in [0.2, 0.25) is 0 Å². The molecule has 3 aromatic rings. The molecule has 0 radical (unpaired) electrons. The zero-order valence-corrected chi connectivity index (χ0v) is 15.6. The van der Waals surface area contributed by atoms with Crippen molar-refractivity contribution in [3.63, 3.8) is 0 Å². The molecule has 2 N–H and O–H groups in total. The first-order valence-corrected chi connectivity index (χ1v) is 9.61. The summed E-state index contributed by atoms with van der Waals surface area (Å²) in [5.74, 6) is 1.95. The predicted octanol–water partition coefficient (Wildman–Crippen LogP) is 3.40. The van der Waals surface area contributed by atoms with E-state index in [9.17, 15) is 4.79 Å². The highest BCUT2D eigenvalue weighted by atomic mass is 32.1. The highest BCUT2D eigenvalue weighted by molar-refractivity contribution is 7.22. The summed E-state index contributed by atoms with van der Waals surface area (Å²) < 4.78 is 6.41. The van der Waals surface area contributed by atoms with Gasteiger partial charge in [0.25, 0.3) is 5.91 Å². The molecule has 1 aliphatic rings. The molecule has 4 rings (SSSR count). The summed E-state index contributed by atoms with van der Waals surface area (Å²) in [5.41, 5.74) is 7.17. The SMILES string of the molecule is CC(C)c1noc(C2CCN(C(=O)c3ccc4sc(N)nc4c3)CC2)n1. The number of aromatic nitrogens is 3. The molecule has 0 saturated carbocycles. The normalized spacial score (nSPS) is 15.9. The number of amides is 1. The number of fused-ring (bicyclic) bond motifs is 1. The maximum absolute atomic E-state index is 12.8. The molecule has 0 bridgehead atoms. The third-order valence-corrected chi connectivity index (χ3v) is 5.62. The standard InChI is InChI=1S/C18H21N5O2S/c1-10(2)15-21-16(25-22-15)11-5-7-23(8-6-11)17(24)12-3-4-14-13(9-12)20-18(19)26-14/h3-4,9-11H,5-8H2,1-2H3,(H2,19,20). The van der Waals surface area contributed by atoms with Gasteiger partial charge in [0.1, 0.15) is 0 Å². The predicted molar refractivity (Wildman–Crippen MR) is 100 cm³/mol. The van der Waals surface area contributed by atoms with Gasteiger partial charge in [0.15, 0.2) is 11.0 Å². The van der Waals surface area contributed by atoms with E-state index < -0.39 is 0 Å². The minimum absolute atomic E-state index is 0.0327. The van der Waals surface area contributed by atoms with Crippen molar-refractivity contribution < 1.29 is 9.32 Å². The van der Waals surface area contributed by atoms with E-state index in [2.05, 4.69) is 15.1 Å². The number of carbonyl (C=O) groups is 1. The number of likely N-dealkylation sites (tertiary alicyclic amines) is 1. The van der Waals surface area contributed by atoms with Gasteiger partial charge in [0.2, 0.25) is 5.89 Å². The minimum Gasteiger partial charge on any atom is -0.375 e. The van der Waals surface area contributed by atoms with E-state index in [1.165, 1.54) is 11.3 Å². The lowest BCUT2D eigenvalue weighted by Crippen LogP contribution is -2.38. The summed E-state index contributed by atoms with van der Waals surface area (Å²) in [6, 6.07) is 5.58. The van der Waals surface area contributed by atoms with Crippen LogP contribution in [-0.2, 0) is 0 Å². The van der Waals surface area contributed by atoms with E-state index in [0.717, 1.165) is 28.9 Å². The molecule has 3 heterocycles. The van der Waals surface area contributed by atoms with Crippen LogP contribution < -0.4 is 5.73 Å². The third kappa shape index (κ3) is 3.16. The van der Waals surface area contributed by atoms with E-state index >= 15 is 0 Å². The van der Waals surface area contributed by atoms with Crippen molar-refractivity contribution in [2.45, 2.75) is 38.5 Å². The van der Waals surface area contributed by atoms with Gasteiger partial charge in [-0.3, -0.25) is 4.79 Å². The Morgan fingerprint density at radius 1 is 1.31 bits per heavy atom. The highest BCUT2D eigenvalue weighted by Crippen LogP contribution is 2.29. The molecule has 7 nitrogen and oxygen atoms in total. The van der Waals surface area contributed by atoms with Gasteiger partial charge >= 0.3 is 0 Å². The van der Waals surface area contributed by atoms with Crippen LogP contribution in [0.25, 0.3) is 10.2 Å². The second kappa shape index (κ2) is 6.68. The molecule has 1 fully saturated rings. The average molecular weight is 371 g/mol. The number of nitrogens with two attached hydrogens (primary N) is 1. The second-order valence-electron chi connectivity index (χ2n) is 6.95. The van der Waals surface area contributed by atoms with Gasteiger partial charge in [0, 0.05) is 30.5 Å². The number of hydrogen-bond acceptors (Lipinski definition) is 7. The maximum atomic E-state index is 12.8. The van der Waals surface area contributed by atoms with Gasteiger partial charge < -0.3 is 15.2 Å². The fourth-order valence-electron chi connectivity index (χ4n) is 3.24. The lowest BCUT2D eigenvalue weighted by atomic mass is 9.96. The number of benzene rings is 1. The monoisotopic (exact) mass is 371 g/mol. The van der Waals surface area contributed by atoms with Gasteiger partial charge in [-0.25, -0.2) is 4.98 Å². The van der Waals surface area contributed by atoms with Crippen LogP contribution >= 0.6 is 11.3 Å². The molecule has 2 aromatic heterocycles. The molecular formula is C18H21N5O2S. The van der Waals surface area contributed by atoms with E-state index in [4.69, 9.17) is 10.3 Å². The van der Waals surface area contributed by atoms with Crippen molar-refractivity contribution in [2.24, 2.45) is 0 Å².